The number of imidazole rings is 1. The molecule has 2 N–H and O–H groups in total. The number of pyridine rings is 1. The highest BCUT2D eigenvalue weighted by atomic mass is 16.4. The number of aliphatic hydroxyl groups excluding tert-OH is 1. The minimum atomic E-state index is -0.633. The van der Waals surface area contributed by atoms with E-state index in [-0.39, 0.29) is 0 Å². The third-order valence-electron chi connectivity index (χ3n) is 3.32. The van der Waals surface area contributed by atoms with E-state index in [1.807, 2.05) is 31.5 Å². The lowest BCUT2D eigenvalue weighted by Gasteiger charge is -2.09. The van der Waals surface area contributed by atoms with Gasteiger partial charge >= 0.3 is 0 Å². The van der Waals surface area contributed by atoms with Crippen molar-refractivity contribution in [2.24, 2.45) is 0 Å². The van der Waals surface area contributed by atoms with Crippen LogP contribution in [-0.4, -0.2) is 21.0 Å². The Morgan fingerprint density at radius 1 is 1.40 bits per heavy atom. The quantitative estimate of drug-likeness (QED) is 0.745. The maximum Gasteiger partial charge on any atom is 0.139 e. The number of aromatic nitrogens is 2. The van der Waals surface area contributed by atoms with E-state index in [0.717, 1.165) is 16.9 Å². The third-order valence-corrected chi connectivity index (χ3v) is 3.32. The van der Waals surface area contributed by atoms with Crippen LogP contribution in [0.25, 0.3) is 5.65 Å². The molecule has 0 amide bonds. The molecule has 20 heavy (non-hydrogen) atoms. The summed E-state index contributed by atoms with van der Waals surface area (Å²) in [5, 5.41) is 13.1. The fraction of sp³-hybridized carbons (Fsp3) is 0.267. The molecule has 0 bridgehead atoms. The molecule has 1 atom stereocenters. The van der Waals surface area contributed by atoms with E-state index in [1.54, 1.807) is 18.4 Å². The zero-order chi connectivity index (χ0) is 13.9. The van der Waals surface area contributed by atoms with Crippen LogP contribution in [0, 0.1) is 6.92 Å². The van der Waals surface area contributed by atoms with E-state index in [2.05, 4.69) is 14.7 Å². The number of nitrogens with one attached hydrogen (secondary N) is 1. The average molecular weight is 271 g/mol. The van der Waals surface area contributed by atoms with E-state index in [0.29, 0.717) is 18.8 Å². The molecule has 0 aliphatic rings. The van der Waals surface area contributed by atoms with Crippen LogP contribution in [0.4, 0.5) is 0 Å². The van der Waals surface area contributed by atoms with Crippen molar-refractivity contribution in [1.82, 2.24) is 14.7 Å². The summed E-state index contributed by atoms with van der Waals surface area (Å²) in [6.07, 6.45) is 4.78. The van der Waals surface area contributed by atoms with Crippen LogP contribution in [0.15, 0.2) is 47.3 Å². The highest BCUT2D eigenvalue weighted by molar-refractivity contribution is 5.48. The first-order chi connectivity index (χ1) is 9.75. The molecule has 0 saturated heterocycles. The molecule has 1 unspecified atom stereocenters. The average Bonchev–Trinajstić information content (AvgIpc) is 3.09. The molecule has 3 aromatic heterocycles. The van der Waals surface area contributed by atoms with Gasteiger partial charge in [-0.2, -0.15) is 0 Å². The second kappa shape index (κ2) is 5.48. The van der Waals surface area contributed by atoms with Crippen molar-refractivity contribution in [2.45, 2.75) is 19.6 Å². The van der Waals surface area contributed by atoms with E-state index in [9.17, 15) is 5.11 Å². The van der Waals surface area contributed by atoms with Gasteiger partial charge in [0.25, 0.3) is 0 Å². The Morgan fingerprint density at radius 3 is 3.10 bits per heavy atom. The number of nitrogens with zero attached hydrogens (tertiary/aromatic N) is 2. The number of aliphatic hydroxyl groups is 1. The molecule has 0 spiro atoms. The van der Waals surface area contributed by atoms with E-state index in [4.69, 9.17) is 4.42 Å². The molecule has 3 aromatic rings. The Labute approximate surface area is 116 Å². The van der Waals surface area contributed by atoms with Gasteiger partial charge in [-0.15, -0.1) is 0 Å². The summed E-state index contributed by atoms with van der Waals surface area (Å²) in [6.45, 7) is 3.12. The van der Waals surface area contributed by atoms with Gasteiger partial charge in [0.1, 0.15) is 17.5 Å². The van der Waals surface area contributed by atoms with Crippen molar-refractivity contribution < 1.29 is 9.52 Å². The number of hydrogen-bond acceptors (Lipinski definition) is 4. The van der Waals surface area contributed by atoms with Gasteiger partial charge in [-0.05, 0) is 30.7 Å². The van der Waals surface area contributed by atoms with Crippen LogP contribution in [0.2, 0.25) is 0 Å². The number of furan rings is 1. The number of aryl methyl sites for hydroxylation is 1. The summed E-state index contributed by atoms with van der Waals surface area (Å²) in [6, 6.07) is 7.58. The van der Waals surface area contributed by atoms with Crippen LogP contribution in [0.5, 0.6) is 0 Å². The Balaban J connectivity index is 1.64. The topological polar surface area (TPSA) is 62.7 Å². The highest BCUT2D eigenvalue weighted by Gasteiger charge is 2.10. The Morgan fingerprint density at radius 2 is 2.30 bits per heavy atom. The van der Waals surface area contributed by atoms with Gasteiger partial charge in [0.15, 0.2) is 0 Å². The Hall–Kier alpha value is -2.11. The molecule has 0 aliphatic heterocycles. The molecular weight excluding hydrogens is 254 g/mol. The number of fused-ring (bicyclic) bond motifs is 1. The van der Waals surface area contributed by atoms with E-state index < -0.39 is 6.10 Å². The van der Waals surface area contributed by atoms with Crippen LogP contribution in [0.3, 0.4) is 0 Å². The summed E-state index contributed by atoms with van der Waals surface area (Å²) in [5.74, 6) is 0.575. The lowest BCUT2D eigenvalue weighted by atomic mass is 10.2. The number of hydrogen-bond donors (Lipinski definition) is 2. The lowest BCUT2D eigenvalue weighted by molar-refractivity contribution is 0.147. The Bertz CT molecular complexity index is 688. The molecule has 0 saturated carbocycles. The normalized spacial score (nSPS) is 12.9. The molecule has 0 aromatic carbocycles. The zero-order valence-corrected chi connectivity index (χ0v) is 11.3. The molecule has 5 heteroatoms. The highest BCUT2D eigenvalue weighted by Crippen LogP contribution is 2.13. The van der Waals surface area contributed by atoms with Gasteiger partial charge < -0.3 is 19.2 Å². The summed E-state index contributed by atoms with van der Waals surface area (Å²) in [7, 11) is 0. The Kier molecular flexibility index (Phi) is 3.54. The van der Waals surface area contributed by atoms with Gasteiger partial charge in [0.2, 0.25) is 0 Å². The van der Waals surface area contributed by atoms with E-state index in [1.165, 1.54) is 0 Å². The molecule has 3 heterocycles. The second-order valence-electron chi connectivity index (χ2n) is 4.80. The smallest absolute Gasteiger partial charge is 0.139 e. The standard InChI is InChI=1S/C15H17N3O2/c1-11-4-2-6-18-12(9-17-15(11)18)8-16-10-13(19)14-5-3-7-20-14/h2-7,9,13,16,19H,8,10H2,1H3. The first kappa shape index (κ1) is 12.9. The maximum absolute atomic E-state index is 9.92. The summed E-state index contributed by atoms with van der Waals surface area (Å²) in [4.78, 5) is 4.41. The fourth-order valence-corrected chi connectivity index (χ4v) is 2.25. The molecular formula is C15H17N3O2. The SMILES string of the molecule is Cc1cccn2c(CNCC(O)c3ccco3)cnc12. The second-order valence-corrected chi connectivity index (χ2v) is 4.80. The van der Waals surface area contributed by atoms with Crippen molar-refractivity contribution >= 4 is 5.65 Å². The van der Waals surface area contributed by atoms with Crippen LogP contribution in [0.1, 0.15) is 23.1 Å². The van der Waals surface area contributed by atoms with Crippen molar-refractivity contribution in [2.75, 3.05) is 6.54 Å². The molecule has 0 aliphatic carbocycles. The minimum absolute atomic E-state index is 0.437. The first-order valence-corrected chi connectivity index (χ1v) is 6.59. The minimum Gasteiger partial charge on any atom is -0.467 e. The van der Waals surface area contributed by atoms with Crippen molar-refractivity contribution in [3.05, 3.63) is 59.9 Å². The van der Waals surface area contributed by atoms with Crippen molar-refractivity contribution in [3.63, 3.8) is 0 Å². The predicted molar refractivity (Wildman–Crippen MR) is 75.3 cm³/mol. The monoisotopic (exact) mass is 271 g/mol. The lowest BCUT2D eigenvalue weighted by Crippen LogP contribution is -2.21. The van der Waals surface area contributed by atoms with Crippen molar-refractivity contribution in [1.29, 1.82) is 0 Å². The molecule has 0 radical (unpaired) electrons. The van der Waals surface area contributed by atoms with Gasteiger partial charge in [-0.3, -0.25) is 0 Å². The van der Waals surface area contributed by atoms with E-state index >= 15 is 0 Å². The van der Waals surface area contributed by atoms with Crippen LogP contribution >= 0.6 is 0 Å². The largest absolute Gasteiger partial charge is 0.467 e. The van der Waals surface area contributed by atoms with Crippen LogP contribution < -0.4 is 5.32 Å². The molecule has 104 valence electrons. The van der Waals surface area contributed by atoms with Crippen LogP contribution in [-0.2, 0) is 6.54 Å². The third kappa shape index (κ3) is 2.45. The maximum atomic E-state index is 9.92. The molecule has 5 nitrogen and oxygen atoms in total. The first-order valence-electron chi connectivity index (χ1n) is 6.59. The van der Waals surface area contributed by atoms with Gasteiger partial charge in [-0.1, -0.05) is 6.07 Å². The number of rotatable bonds is 5. The van der Waals surface area contributed by atoms with Gasteiger partial charge in [-0.25, -0.2) is 4.98 Å². The summed E-state index contributed by atoms with van der Waals surface area (Å²) >= 11 is 0. The predicted octanol–water partition coefficient (Wildman–Crippen LogP) is 2.06. The zero-order valence-electron chi connectivity index (χ0n) is 11.3. The fourth-order valence-electron chi connectivity index (χ4n) is 2.25. The summed E-state index contributed by atoms with van der Waals surface area (Å²) in [5.41, 5.74) is 3.18. The summed E-state index contributed by atoms with van der Waals surface area (Å²) < 4.78 is 7.22. The van der Waals surface area contributed by atoms with Gasteiger partial charge in [0.05, 0.1) is 18.2 Å². The molecule has 0 fully saturated rings. The van der Waals surface area contributed by atoms with Crippen molar-refractivity contribution in [3.8, 4) is 0 Å². The van der Waals surface area contributed by atoms with Gasteiger partial charge in [0, 0.05) is 19.3 Å². The molecule has 3 rings (SSSR count).